The van der Waals surface area contributed by atoms with Crippen LogP contribution in [0.3, 0.4) is 0 Å². The van der Waals surface area contributed by atoms with Crippen LogP contribution in [-0.4, -0.2) is 4.98 Å². The minimum Gasteiger partial charge on any atom is -0.358 e. The van der Waals surface area contributed by atoms with Crippen LogP contribution in [0, 0.1) is 17.1 Å². The highest BCUT2D eigenvalue weighted by atomic mass is 79.9. The number of halogens is 2. The lowest BCUT2D eigenvalue weighted by molar-refractivity contribution is 0.631. The quantitative estimate of drug-likeness (QED) is 0.346. The summed E-state index contributed by atoms with van der Waals surface area (Å²) in [6.07, 6.45) is 1.48. The number of hydrogen-bond acceptors (Lipinski definition) is 4. The molecule has 0 bridgehead atoms. The molecule has 0 fully saturated rings. The first-order valence-electron chi connectivity index (χ1n) is 8.41. The third-order valence-electron chi connectivity index (χ3n) is 4.22. The zero-order valence-corrected chi connectivity index (χ0v) is 16.9. The second-order valence-electron chi connectivity index (χ2n) is 6.00. The molecule has 3 aromatic carbocycles. The summed E-state index contributed by atoms with van der Waals surface area (Å²) >= 11 is 4.61. The maximum atomic E-state index is 14.0. The van der Waals surface area contributed by atoms with Crippen molar-refractivity contribution in [2.24, 2.45) is 0 Å². The molecule has 6 heteroatoms. The number of allylic oxidation sites excluding steroid dienone is 1. The monoisotopic (exact) mass is 449 g/mol. The van der Waals surface area contributed by atoms with E-state index in [0.29, 0.717) is 20.7 Å². The van der Waals surface area contributed by atoms with Crippen molar-refractivity contribution in [3.05, 3.63) is 87.5 Å². The number of aromatic nitrogens is 1. The lowest BCUT2D eigenvalue weighted by Gasteiger charge is -2.04. The summed E-state index contributed by atoms with van der Waals surface area (Å²) < 4.78 is 14.6. The maximum Gasteiger partial charge on any atom is 0.147 e. The van der Waals surface area contributed by atoms with Crippen LogP contribution in [0.25, 0.3) is 27.6 Å². The van der Waals surface area contributed by atoms with Gasteiger partial charge < -0.3 is 5.32 Å². The van der Waals surface area contributed by atoms with E-state index in [1.807, 2.05) is 29.6 Å². The van der Waals surface area contributed by atoms with Crippen molar-refractivity contribution < 1.29 is 4.39 Å². The molecule has 1 aromatic heterocycles. The van der Waals surface area contributed by atoms with Crippen LogP contribution in [-0.2, 0) is 0 Å². The Kier molecular flexibility index (Phi) is 5.20. The second kappa shape index (κ2) is 7.93. The molecule has 0 aliphatic rings. The third kappa shape index (κ3) is 3.68. The summed E-state index contributed by atoms with van der Waals surface area (Å²) in [4.78, 5) is 4.64. The number of nitrogens with one attached hydrogen (secondary N) is 1. The average molecular weight is 450 g/mol. The summed E-state index contributed by atoms with van der Waals surface area (Å²) in [7, 11) is 0. The number of rotatable bonds is 4. The number of hydrogen-bond donors (Lipinski definition) is 1. The minimum absolute atomic E-state index is 0.293. The van der Waals surface area contributed by atoms with Gasteiger partial charge in [-0.05, 0) is 29.0 Å². The first kappa shape index (κ1) is 18.4. The first-order valence-corrected chi connectivity index (χ1v) is 10.1. The highest BCUT2D eigenvalue weighted by Gasteiger charge is 2.11. The van der Waals surface area contributed by atoms with Crippen LogP contribution in [0.15, 0.2) is 76.7 Å². The van der Waals surface area contributed by atoms with Gasteiger partial charge in [0.25, 0.3) is 0 Å². The van der Waals surface area contributed by atoms with E-state index >= 15 is 0 Å². The van der Waals surface area contributed by atoms with E-state index < -0.39 is 5.82 Å². The zero-order chi connectivity index (χ0) is 19.5. The molecule has 4 aromatic rings. The van der Waals surface area contributed by atoms with Gasteiger partial charge in [0.05, 0.1) is 11.4 Å². The van der Waals surface area contributed by atoms with Crippen LogP contribution in [0.4, 0.5) is 10.1 Å². The number of thiazole rings is 1. The second-order valence-corrected chi connectivity index (χ2v) is 7.78. The lowest BCUT2D eigenvalue weighted by atomic mass is 10.0. The fraction of sp³-hybridized carbons (Fsp3) is 0. The zero-order valence-electron chi connectivity index (χ0n) is 14.5. The molecule has 3 nitrogen and oxygen atoms in total. The molecule has 1 N–H and O–H groups in total. The Morgan fingerprint density at radius 2 is 1.96 bits per heavy atom. The SMILES string of the molecule is N#CC(=CNc1ccc(Br)cc1F)c1nc(-c2cccc3ccccc23)cs1. The predicted molar refractivity (Wildman–Crippen MR) is 116 cm³/mol. The summed E-state index contributed by atoms with van der Waals surface area (Å²) in [5, 5.41) is 17.1. The molecule has 0 spiro atoms. The summed E-state index contributed by atoms with van der Waals surface area (Å²) in [6, 6.07) is 21.0. The number of fused-ring (bicyclic) bond motifs is 1. The molecule has 0 aliphatic heterocycles. The standard InChI is InChI=1S/C22H13BrFN3S/c23-16-8-9-20(19(24)10-16)26-12-15(11-25)22-27-21(13-28-22)18-7-3-5-14-4-1-2-6-17(14)18/h1-10,12-13,26H. The van der Waals surface area contributed by atoms with E-state index in [9.17, 15) is 9.65 Å². The molecular weight excluding hydrogens is 437 g/mol. The van der Waals surface area contributed by atoms with Gasteiger partial charge in [0.2, 0.25) is 0 Å². The van der Waals surface area contributed by atoms with Gasteiger partial charge in [0.15, 0.2) is 0 Å². The summed E-state index contributed by atoms with van der Waals surface area (Å²) in [5.74, 6) is -0.404. The Labute approximate surface area is 173 Å². The van der Waals surface area contributed by atoms with Crippen LogP contribution >= 0.6 is 27.3 Å². The smallest absolute Gasteiger partial charge is 0.147 e. The molecule has 0 atom stereocenters. The van der Waals surface area contributed by atoms with Gasteiger partial charge in [0.1, 0.15) is 22.5 Å². The molecule has 0 unspecified atom stereocenters. The lowest BCUT2D eigenvalue weighted by Crippen LogP contribution is -1.94. The topological polar surface area (TPSA) is 48.7 Å². The molecule has 0 radical (unpaired) electrons. The molecule has 0 saturated carbocycles. The Hall–Kier alpha value is -3.01. The van der Waals surface area contributed by atoms with Gasteiger partial charge in [0, 0.05) is 21.6 Å². The molecular formula is C22H13BrFN3S. The largest absolute Gasteiger partial charge is 0.358 e. The van der Waals surface area contributed by atoms with Gasteiger partial charge in [-0.15, -0.1) is 11.3 Å². The first-order chi connectivity index (χ1) is 13.7. The van der Waals surface area contributed by atoms with Gasteiger partial charge in [-0.3, -0.25) is 0 Å². The summed E-state index contributed by atoms with van der Waals surface area (Å²) in [6.45, 7) is 0. The van der Waals surface area contributed by atoms with Crippen molar-refractivity contribution >= 4 is 49.3 Å². The number of nitrogens with zero attached hydrogens (tertiary/aromatic N) is 2. The van der Waals surface area contributed by atoms with Crippen LogP contribution in [0.5, 0.6) is 0 Å². The van der Waals surface area contributed by atoms with E-state index in [0.717, 1.165) is 22.0 Å². The number of nitriles is 1. The van der Waals surface area contributed by atoms with Crippen molar-refractivity contribution in [2.75, 3.05) is 5.32 Å². The third-order valence-corrected chi connectivity index (χ3v) is 5.59. The molecule has 0 aliphatic carbocycles. The normalized spacial score (nSPS) is 11.4. The van der Waals surface area contributed by atoms with E-state index in [4.69, 9.17) is 0 Å². The van der Waals surface area contributed by atoms with Gasteiger partial charge >= 0.3 is 0 Å². The Morgan fingerprint density at radius 1 is 1.14 bits per heavy atom. The van der Waals surface area contributed by atoms with E-state index in [1.165, 1.54) is 23.6 Å². The molecule has 4 rings (SSSR count). The summed E-state index contributed by atoms with van der Waals surface area (Å²) in [5.41, 5.74) is 2.47. The number of benzene rings is 3. The van der Waals surface area contributed by atoms with Crippen molar-refractivity contribution in [1.82, 2.24) is 4.98 Å². The highest BCUT2D eigenvalue weighted by molar-refractivity contribution is 9.10. The van der Waals surface area contributed by atoms with Gasteiger partial charge in [-0.2, -0.15) is 5.26 Å². The predicted octanol–water partition coefficient (Wildman–Crippen LogP) is 6.84. The van der Waals surface area contributed by atoms with E-state index in [1.54, 1.807) is 12.1 Å². The molecule has 0 saturated heterocycles. The average Bonchev–Trinajstić information content (AvgIpc) is 3.19. The van der Waals surface area contributed by atoms with Crippen LogP contribution in [0.1, 0.15) is 5.01 Å². The minimum atomic E-state index is -0.404. The van der Waals surface area contributed by atoms with Crippen LogP contribution in [0.2, 0.25) is 0 Å². The molecule has 28 heavy (non-hydrogen) atoms. The van der Waals surface area contributed by atoms with E-state index in [2.05, 4.69) is 50.5 Å². The van der Waals surface area contributed by atoms with Gasteiger partial charge in [-0.1, -0.05) is 58.4 Å². The molecule has 136 valence electrons. The Balaban J connectivity index is 1.66. The Morgan fingerprint density at radius 3 is 2.79 bits per heavy atom. The molecule has 1 heterocycles. The molecule has 0 amide bonds. The van der Waals surface area contributed by atoms with Gasteiger partial charge in [-0.25, -0.2) is 9.37 Å². The highest BCUT2D eigenvalue weighted by Crippen LogP contribution is 2.31. The van der Waals surface area contributed by atoms with Crippen molar-refractivity contribution in [3.8, 4) is 17.3 Å². The van der Waals surface area contributed by atoms with E-state index in [-0.39, 0.29) is 0 Å². The van der Waals surface area contributed by atoms with Crippen molar-refractivity contribution in [3.63, 3.8) is 0 Å². The Bertz CT molecular complexity index is 1230. The fourth-order valence-corrected chi connectivity index (χ4v) is 3.99. The van der Waals surface area contributed by atoms with Crippen LogP contribution < -0.4 is 5.32 Å². The van der Waals surface area contributed by atoms with Crippen molar-refractivity contribution in [2.45, 2.75) is 0 Å². The fourth-order valence-electron chi connectivity index (χ4n) is 2.87. The number of anilines is 1. The van der Waals surface area contributed by atoms with Crippen molar-refractivity contribution in [1.29, 1.82) is 5.26 Å². The maximum absolute atomic E-state index is 14.0.